The number of benzene rings is 3. The highest BCUT2D eigenvalue weighted by Crippen LogP contribution is 2.41. The summed E-state index contributed by atoms with van der Waals surface area (Å²) in [6.07, 6.45) is 3.18. The fourth-order valence-corrected chi connectivity index (χ4v) is 6.80. The summed E-state index contributed by atoms with van der Waals surface area (Å²) in [6.45, 7) is 12.5. The van der Waals surface area contributed by atoms with Gasteiger partial charge in [0.2, 0.25) is 0 Å². The molecule has 13 heteroatoms. The highest BCUT2D eigenvalue weighted by Gasteiger charge is 2.40. The van der Waals surface area contributed by atoms with Gasteiger partial charge in [0, 0.05) is 57.0 Å². The number of urea groups is 1. The van der Waals surface area contributed by atoms with Crippen molar-refractivity contribution in [1.82, 2.24) is 14.9 Å². The highest BCUT2D eigenvalue weighted by molar-refractivity contribution is 6.76. The van der Waals surface area contributed by atoms with Crippen molar-refractivity contribution in [3.63, 3.8) is 0 Å². The maximum Gasteiger partial charge on any atom is 0.319 e. The van der Waals surface area contributed by atoms with Crippen LogP contribution in [0.3, 0.4) is 0 Å². The van der Waals surface area contributed by atoms with Crippen molar-refractivity contribution in [1.29, 1.82) is 5.26 Å². The monoisotopic (exact) mass is 739 g/mol. The second-order valence-electron chi connectivity index (χ2n) is 14.7. The lowest BCUT2D eigenvalue weighted by molar-refractivity contribution is -0.0575. The van der Waals surface area contributed by atoms with E-state index in [0.717, 1.165) is 23.7 Å². The Morgan fingerprint density at radius 2 is 1.79 bits per heavy atom. The number of fused-ring (bicyclic) bond motifs is 1. The van der Waals surface area contributed by atoms with Crippen molar-refractivity contribution in [3.05, 3.63) is 102 Å². The zero-order chi connectivity index (χ0) is 37.8. The number of carbonyl (C=O) groups is 1. The molecule has 1 saturated heterocycles. The molecule has 5 aromatic rings. The molecule has 2 aromatic heterocycles. The van der Waals surface area contributed by atoms with E-state index in [0.29, 0.717) is 53.3 Å². The summed E-state index contributed by atoms with van der Waals surface area (Å²) >= 11 is 0. The Morgan fingerprint density at radius 1 is 1.06 bits per heavy atom. The highest BCUT2D eigenvalue weighted by atomic mass is 28.3. The fourth-order valence-electron chi connectivity index (χ4n) is 6.05. The van der Waals surface area contributed by atoms with Crippen molar-refractivity contribution in [2.24, 2.45) is 0 Å². The van der Waals surface area contributed by atoms with Gasteiger partial charge in [-0.15, -0.1) is 0 Å². The van der Waals surface area contributed by atoms with Crippen LogP contribution in [0.25, 0.3) is 22.2 Å². The second-order valence-corrected chi connectivity index (χ2v) is 20.3. The number of nitrogens with zero attached hydrogens (tertiary/aromatic N) is 3. The third-order valence-electron chi connectivity index (χ3n) is 8.92. The van der Waals surface area contributed by atoms with Crippen LogP contribution in [0, 0.1) is 23.0 Å². The number of halogens is 2. The Morgan fingerprint density at radius 3 is 2.43 bits per heavy atom. The van der Waals surface area contributed by atoms with Crippen LogP contribution >= 0.6 is 0 Å². The molecule has 10 nitrogen and oxygen atoms in total. The summed E-state index contributed by atoms with van der Waals surface area (Å²) in [5.74, 6) is -2.11. The number of nitriles is 1. The molecule has 0 saturated carbocycles. The molecule has 1 aliphatic rings. The molecule has 0 radical (unpaired) electrons. The van der Waals surface area contributed by atoms with Gasteiger partial charge in [-0.1, -0.05) is 56.0 Å². The lowest BCUT2D eigenvalue weighted by Gasteiger charge is -2.42. The molecule has 3 aromatic carbocycles. The zero-order valence-corrected chi connectivity index (χ0v) is 31.5. The first kappa shape index (κ1) is 37.5. The molecular formula is C40H43F2N5O5Si. The number of ether oxygens (including phenoxy) is 4. The third kappa shape index (κ3) is 8.68. The van der Waals surface area contributed by atoms with Crippen LogP contribution in [0.2, 0.25) is 25.7 Å². The molecule has 1 aliphatic heterocycles. The van der Waals surface area contributed by atoms with Crippen LogP contribution in [-0.2, 0) is 21.6 Å². The van der Waals surface area contributed by atoms with E-state index >= 15 is 8.78 Å². The number of hydrogen-bond acceptors (Lipinski definition) is 7. The molecule has 0 aliphatic carbocycles. The van der Waals surface area contributed by atoms with Gasteiger partial charge in [-0.2, -0.15) is 5.26 Å². The normalized spacial score (nSPS) is 13.7. The van der Waals surface area contributed by atoms with Gasteiger partial charge < -0.3 is 34.1 Å². The van der Waals surface area contributed by atoms with Gasteiger partial charge in [-0.3, -0.25) is 0 Å². The molecule has 276 valence electrons. The zero-order valence-electron chi connectivity index (χ0n) is 30.5. The van der Waals surface area contributed by atoms with E-state index in [1.54, 1.807) is 12.1 Å². The van der Waals surface area contributed by atoms with Gasteiger partial charge in [0.1, 0.15) is 29.9 Å². The van der Waals surface area contributed by atoms with Crippen LogP contribution in [0.5, 0.6) is 17.2 Å². The van der Waals surface area contributed by atoms with Gasteiger partial charge >= 0.3 is 6.03 Å². The Balaban J connectivity index is 1.27. The summed E-state index contributed by atoms with van der Waals surface area (Å²) in [6, 6.07) is 21.0. The number of hydrogen-bond donors (Lipinski definition) is 2. The van der Waals surface area contributed by atoms with Gasteiger partial charge in [-0.05, 0) is 49.2 Å². The molecule has 2 amide bonds. The molecule has 0 unspecified atom stereocenters. The first-order valence-corrected chi connectivity index (χ1v) is 21.2. The van der Waals surface area contributed by atoms with E-state index in [2.05, 4.69) is 41.3 Å². The van der Waals surface area contributed by atoms with Crippen molar-refractivity contribution < 1.29 is 32.5 Å². The average molecular weight is 740 g/mol. The molecule has 0 atom stereocenters. The van der Waals surface area contributed by atoms with Crippen molar-refractivity contribution >= 4 is 30.8 Å². The largest absolute Gasteiger partial charge is 0.490 e. The van der Waals surface area contributed by atoms with Gasteiger partial charge in [0.15, 0.2) is 17.4 Å². The van der Waals surface area contributed by atoms with E-state index in [1.807, 2.05) is 61.0 Å². The Hall–Kier alpha value is -5.29. The van der Waals surface area contributed by atoms with Crippen molar-refractivity contribution in [2.75, 3.05) is 31.7 Å². The van der Waals surface area contributed by atoms with Crippen molar-refractivity contribution in [3.8, 4) is 34.4 Å². The van der Waals surface area contributed by atoms with E-state index in [1.165, 1.54) is 12.3 Å². The summed E-state index contributed by atoms with van der Waals surface area (Å²) in [7, 11) is -1.34. The van der Waals surface area contributed by atoms with E-state index in [4.69, 9.17) is 18.9 Å². The van der Waals surface area contributed by atoms with Gasteiger partial charge in [0.05, 0.1) is 35.7 Å². The maximum atomic E-state index is 15.6. The molecule has 0 bridgehead atoms. The number of anilines is 1. The summed E-state index contributed by atoms with van der Waals surface area (Å²) in [5, 5.41) is 15.7. The van der Waals surface area contributed by atoms with Gasteiger partial charge in [-0.25, -0.2) is 18.6 Å². The minimum atomic E-state index is -1.34. The first-order valence-electron chi connectivity index (χ1n) is 17.5. The van der Waals surface area contributed by atoms with Gasteiger partial charge in [0.25, 0.3) is 0 Å². The number of aromatic nitrogens is 2. The molecule has 0 spiro atoms. The standard InChI is InChI=1S/C40H43F2N5O5Si/c1-26(2)51-34-12-11-27(17-28(34)20-43)31-21-47(25-49-15-16-53(3,4)5)38-36(31)35(13-14-44-38)52-37-32(41)18-30(19-33(37)42)46-39(48)45-22-40(23-50-24-40)29-9-7-6-8-10-29/h6-14,17-19,21,26H,15-16,22-25H2,1-5H3,(H2,45,46,48). The third-order valence-corrected chi connectivity index (χ3v) is 10.6. The molecule has 53 heavy (non-hydrogen) atoms. The Kier molecular flexibility index (Phi) is 11.1. The van der Waals surface area contributed by atoms with Crippen LogP contribution in [0.4, 0.5) is 19.3 Å². The number of carbonyl (C=O) groups excluding carboxylic acids is 1. The fraction of sp³-hybridized carbons (Fsp3) is 0.325. The molecular weight excluding hydrogens is 697 g/mol. The number of pyridine rings is 1. The van der Waals surface area contributed by atoms with E-state index in [9.17, 15) is 10.1 Å². The summed E-state index contributed by atoms with van der Waals surface area (Å²) in [5.41, 5.74) is 2.63. The smallest absolute Gasteiger partial charge is 0.319 e. The number of amides is 2. The van der Waals surface area contributed by atoms with Crippen LogP contribution < -0.4 is 20.1 Å². The first-order chi connectivity index (χ1) is 25.4. The van der Waals surface area contributed by atoms with E-state index in [-0.39, 0.29) is 36.2 Å². The summed E-state index contributed by atoms with van der Waals surface area (Å²) < 4.78 is 56.4. The quantitative estimate of drug-likeness (QED) is 0.0863. The number of nitrogens with one attached hydrogen (secondary N) is 2. The summed E-state index contributed by atoms with van der Waals surface area (Å²) in [4.78, 5) is 17.4. The molecule has 1 fully saturated rings. The lowest BCUT2D eigenvalue weighted by Crippen LogP contribution is -2.54. The predicted molar refractivity (Wildman–Crippen MR) is 202 cm³/mol. The Bertz CT molecular complexity index is 2120. The van der Waals surface area contributed by atoms with E-state index < -0.39 is 31.5 Å². The van der Waals surface area contributed by atoms with Crippen LogP contribution in [0.1, 0.15) is 25.0 Å². The number of rotatable bonds is 14. The molecule has 6 rings (SSSR count). The minimum Gasteiger partial charge on any atom is -0.490 e. The maximum absolute atomic E-state index is 15.6. The molecule has 2 N–H and O–H groups in total. The van der Waals surface area contributed by atoms with Crippen LogP contribution in [0.15, 0.2) is 79.1 Å². The van der Waals surface area contributed by atoms with Crippen molar-refractivity contribution in [2.45, 2.75) is 57.8 Å². The predicted octanol–water partition coefficient (Wildman–Crippen LogP) is 8.83. The SMILES string of the molecule is CC(C)Oc1ccc(-c2cn(COCC[Si](C)(C)C)c3nccc(Oc4c(F)cc(NC(=O)NCC5(c6ccccc6)COC5)cc4F)c23)cc1C#N. The minimum absolute atomic E-state index is 0.0848. The topological polar surface area (TPSA) is 120 Å². The Labute approximate surface area is 308 Å². The lowest BCUT2D eigenvalue weighted by atomic mass is 9.78. The average Bonchev–Trinajstić information content (AvgIpc) is 3.47. The second kappa shape index (κ2) is 15.8. The molecule has 3 heterocycles. The van der Waals surface area contributed by atoms with Crippen LogP contribution in [-0.4, -0.2) is 56.1 Å².